The number of benzene rings is 1. The Hall–Kier alpha value is -1.10. The number of aliphatic carboxylic acids is 1. The molecule has 5 heteroatoms. The molecule has 0 radical (unpaired) electrons. The Bertz CT molecular complexity index is 447. The molecule has 2 atom stereocenters. The summed E-state index contributed by atoms with van der Waals surface area (Å²) in [6.07, 6.45) is 0.916. The highest BCUT2D eigenvalue weighted by Gasteiger charge is 2.17. The molecule has 0 saturated heterocycles. The fraction of sp³-hybridized carbons (Fsp3) is 0.533. The Balaban J connectivity index is 2.79. The van der Waals surface area contributed by atoms with Gasteiger partial charge in [-0.15, -0.1) is 0 Å². The molecule has 20 heavy (non-hydrogen) atoms. The molecule has 0 aliphatic rings. The maximum absolute atomic E-state index is 11.0. The van der Waals surface area contributed by atoms with Gasteiger partial charge in [-0.1, -0.05) is 30.7 Å². The van der Waals surface area contributed by atoms with E-state index in [0.717, 1.165) is 11.1 Å². The van der Waals surface area contributed by atoms with Crippen LogP contribution < -0.4 is 0 Å². The van der Waals surface area contributed by atoms with Crippen LogP contribution >= 0.6 is 11.6 Å². The minimum absolute atomic E-state index is 0.169. The van der Waals surface area contributed by atoms with Gasteiger partial charge >= 0.3 is 5.97 Å². The smallest absolute Gasteiger partial charge is 0.306 e. The molecule has 0 saturated carbocycles. The zero-order valence-corrected chi connectivity index (χ0v) is 12.8. The molecule has 0 aromatic heterocycles. The van der Waals surface area contributed by atoms with Crippen molar-refractivity contribution in [3.63, 3.8) is 0 Å². The number of carboxylic acid groups (broad SMARTS) is 1. The van der Waals surface area contributed by atoms with Gasteiger partial charge < -0.3 is 14.6 Å². The van der Waals surface area contributed by atoms with Crippen LogP contribution in [0.15, 0.2) is 18.2 Å². The van der Waals surface area contributed by atoms with Gasteiger partial charge in [0.05, 0.1) is 12.0 Å². The predicted molar refractivity (Wildman–Crippen MR) is 77.9 cm³/mol. The van der Waals surface area contributed by atoms with Crippen LogP contribution in [0.4, 0.5) is 0 Å². The molecule has 1 N–H and O–H groups in total. The molecule has 1 rings (SSSR count). The lowest BCUT2D eigenvalue weighted by Crippen LogP contribution is -2.15. The van der Waals surface area contributed by atoms with Gasteiger partial charge in [0.1, 0.15) is 6.79 Å². The zero-order chi connectivity index (χ0) is 15.1. The van der Waals surface area contributed by atoms with E-state index in [2.05, 4.69) is 0 Å². The minimum atomic E-state index is -0.774. The number of halogens is 1. The second-order valence-corrected chi connectivity index (χ2v) is 5.13. The van der Waals surface area contributed by atoms with Crippen LogP contribution in [0, 0.1) is 5.92 Å². The number of hydrogen-bond acceptors (Lipinski definition) is 3. The summed E-state index contributed by atoms with van der Waals surface area (Å²) in [6, 6.07) is 5.60. The molecule has 112 valence electrons. The average Bonchev–Trinajstić information content (AvgIpc) is 2.41. The number of ether oxygens (including phenoxy) is 2. The summed E-state index contributed by atoms with van der Waals surface area (Å²) in [7, 11) is 1.56. The molecule has 1 aromatic carbocycles. The number of methoxy groups -OCH3 is 1. The molecule has 0 amide bonds. The highest BCUT2D eigenvalue weighted by molar-refractivity contribution is 6.31. The third-order valence-corrected chi connectivity index (χ3v) is 3.59. The number of carboxylic acids is 1. The number of rotatable bonds is 8. The van der Waals surface area contributed by atoms with Gasteiger partial charge in [0.25, 0.3) is 0 Å². The van der Waals surface area contributed by atoms with Crippen LogP contribution in [0.5, 0.6) is 0 Å². The van der Waals surface area contributed by atoms with Gasteiger partial charge in [0, 0.05) is 12.1 Å². The summed E-state index contributed by atoms with van der Waals surface area (Å²) in [4.78, 5) is 11.0. The molecule has 0 fully saturated rings. The highest BCUT2D eigenvalue weighted by atomic mass is 35.5. The number of carbonyl (C=O) groups is 1. The SMILES string of the molecule is CCC(Cc1ccc([C@H](C)OCOC)c(Cl)c1)C(=O)O. The van der Waals surface area contributed by atoms with E-state index in [1.165, 1.54) is 0 Å². The Morgan fingerprint density at radius 2 is 2.15 bits per heavy atom. The van der Waals surface area contributed by atoms with E-state index in [9.17, 15) is 4.79 Å². The van der Waals surface area contributed by atoms with E-state index >= 15 is 0 Å². The van der Waals surface area contributed by atoms with Gasteiger partial charge in [0.2, 0.25) is 0 Å². The molecule has 4 nitrogen and oxygen atoms in total. The van der Waals surface area contributed by atoms with Gasteiger partial charge in [-0.05, 0) is 37.0 Å². The van der Waals surface area contributed by atoms with Crippen LogP contribution in [0.25, 0.3) is 0 Å². The van der Waals surface area contributed by atoms with Crippen LogP contribution in [-0.4, -0.2) is 25.0 Å². The van der Waals surface area contributed by atoms with E-state index in [1.807, 2.05) is 32.0 Å². The van der Waals surface area contributed by atoms with Gasteiger partial charge in [-0.25, -0.2) is 0 Å². The lowest BCUT2D eigenvalue weighted by atomic mass is 9.96. The zero-order valence-electron chi connectivity index (χ0n) is 12.1. The first-order valence-corrected chi connectivity index (χ1v) is 6.99. The maximum atomic E-state index is 11.0. The summed E-state index contributed by atoms with van der Waals surface area (Å²) >= 11 is 6.24. The van der Waals surface area contributed by atoms with E-state index < -0.39 is 5.97 Å². The van der Waals surface area contributed by atoms with Crippen molar-refractivity contribution in [1.82, 2.24) is 0 Å². The molecule has 0 bridgehead atoms. The van der Waals surface area contributed by atoms with Gasteiger partial charge in [0.15, 0.2) is 0 Å². The first kappa shape index (κ1) is 17.0. The fourth-order valence-corrected chi connectivity index (χ4v) is 2.33. The van der Waals surface area contributed by atoms with Crippen LogP contribution in [0.3, 0.4) is 0 Å². The quantitative estimate of drug-likeness (QED) is 0.744. The van der Waals surface area contributed by atoms with Crippen LogP contribution in [-0.2, 0) is 20.7 Å². The predicted octanol–water partition coefficient (Wildman–Crippen LogP) is 3.67. The largest absolute Gasteiger partial charge is 0.481 e. The molecule has 0 spiro atoms. The molecule has 0 heterocycles. The summed E-state index contributed by atoms with van der Waals surface area (Å²) in [6.45, 7) is 3.97. The van der Waals surface area contributed by atoms with Gasteiger partial charge in [-0.3, -0.25) is 4.79 Å². The monoisotopic (exact) mass is 300 g/mol. The highest BCUT2D eigenvalue weighted by Crippen LogP contribution is 2.27. The molecule has 0 aliphatic carbocycles. The molecule has 1 aromatic rings. The third kappa shape index (κ3) is 4.78. The molecular weight excluding hydrogens is 280 g/mol. The van der Waals surface area contributed by atoms with Crippen molar-refractivity contribution in [1.29, 1.82) is 0 Å². The van der Waals surface area contributed by atoms with E-state index in [-0.39, 0.29) is 18.8 Å². The Kier molecular flexibility index (Phi) is 6.99. The van der Waals surface area contributed by atoms with E-state index in [0.29, 0.717) is 17.9 Å². The Morgan fingerprint density at radius 3 is 2.65 bits per heavy atom. The first-order chi connectivity index (χ1) is 9.49. The van der Waals surface area contributed by atoms with Crippen molar-refractivity contribution in [3.8, 4) is 0 Å². The van der Waals surface area contributed by atoms with Crippen molar-refractivity contribution in [3.05, 3.63) is 34.3 Å². The summed E-state index contributed by atoms with van der Waals surface area (Å²) in [5.41, 5.74) is 1.79. The van der Waals surface area contributed by atoms with E-state index in [1.54, 1.807) is 7.11 Å². The standard InChI is InChI=1S/C15H21ClO4/c1-4-12(15(17)18)7-11-5-6-13(14(16)8-11)10(2)20-9-19-3/h5-6,8,10,12H,4,7,9H2,1-3H3,(H,17,18)/t10-,12?/m0/s1. The van der Waals surface area contributed by atoms with Crippen molar-refractivity contribution < 1.29 is 19.4 Å². The topological polar surface area (TPSA) is 55.8 Å². The van der Waals surface area contributed by atoms with Crippen molar-refractivity contribution >= 4 is 17.6 Å². The minimum Gasteiger partial charge on any atom is -0.481 e. The van der Waals surface area contributed by atoms with Crippen molar-refractivity contribution in [2.75, 3.05) is 13.9 Å². The lowest BCUT2D eigenvalue weighted by molar-refractivity contribution is -0.141. The Labute approximate surface area is 124 Å². The van der Waals surface area contributed by atoms with Crippen LogP contribution in [0.1, 0.15) is 37.5 Å². The van der Waals surface area contributed by atoms with Crippen molar-refractivity contribution in [2.24, 2.45) is 5.92 Å². The average molecular weight is 301 g/mol. The van der Waals surface area contributed by atoms with Crippen LogP contribution in [0.2, 0.25) is 5.02 Å². The lowest BCUT2D eigenvalue weighted by Gasteiger charge is -2.16. The fourth-order valence-electron chi connectivity index (χ4n) is 1.98. The Morgan fingerprint density at radius 1 is 1.45 bits per heavy atom. The molecule has 1 unspecified atom stereocenters. The summed E-state index contributed by atoms with van der Waals surface area (Å²) in [5, 5.41) is 9.67. The molecule has 0 aliphatic heterocycles. The first-order valence-electron chi connectivity index (χ1n) is 6.61. The maximum Gasteiger partial charge on any atom is 0.306 e. The second-order valence-electron chi connectivity index (χ2n) is 4.72. The normalized spacial score (nSPS) is 14.0. The summed E-state index contributed by atoms with van der Waals surface area (Å²) in [5.74, 6) is -1.15. The second kappa shape index (κ2) is 8.25. The molecular formula is C15H21ClO4. The van der Waals surface area contributed by atoms with E-state index in [4.69, 9.17) is 26.2 Å². The number of hydrogen-bond donors (Lipinski definition) is 1. The van der Waals surface area contributed by atoms with Crippen molar-refractivity contribution in [2.45, 2.75) is 32.8 Å². The van der Waals surface area contributed by atoms with Gasteiger partial charge in [-0.2, -0.15) is 0 Å². The summed E-state index contributed by atoms with van der Waals surface area (Å²) < 4.78 is 10.3. The third-order valence-electron chi connectivity index (χ3n) is 3.26.